The molecule has 5 heteroatoms. The molecule has 0 heterocycles. The highest BCUT2D eigenvalue weighted by Gasteiger charge is 2.31. The van der Waals surface area contributed by atoms with Crippen LogP contribution in [-0.4, -0.2) is 20.5 Å². The van der Waals surface area contributed by atoms with Crippen molar-refractivity contribution in [2.75, 3.05) is 0 Å². The minimum atomic E-state index is -3.62. The first-order valence-corrected chi connectivity index (χ1v) is 11.5. The summed E-state index contributed by atoms with van der Waals surface area (Å²) in [4.78, 5) is 0.477. The number of rotatable bonds is 6. The van der Waals surface area contributed by atoms with Gasteiger partial charge in [-0.05, 0) is 47.3 Å². The summed E-state index contributed by atoms with van der Waals surface area (Å²) < 4.78 is 29.8. The topological polar surface area (TPSA) is 72.2 Å². The van der Waals surface area contributed by atoms with Crippen molar-refractivity contribution >= 4 is 10.0 Å². The van der Waals surface area contributed by atoms with Crippen molar-refractivity contribution in [1.82, 2.24) is 4.72 Å². The molecule has 0 aliphatic heterocycles. The van der Waals surface area contributed by atoms with E-state index in [0.29, 0.717) is 10.8 Å². The smallest absolute Gasteiger partial charge is 0.241 e. The van der Waals surface area contributed by atoms with Gasteiger partial charge in [-0.1, -0.05) is 66.5 Å². The molecule has 0 bridgehead atoms. The third-order valence-electron chi connectivity index (χ3n) is 5.47. The summed E-state index contributed by atoms with van der Waals surface area (Å²) in [5, 5.41) is 0. The minimum Gasteiger partial charge on any atom is -0.326 e. The Hall–Kier alpha value is -0.910. The number of hydrogen-bond donors (Lipinski definition) is 2. The molecule has 1 aromatic carbocycles. The van der Waals surface area contributed by atoms with Crippen molar-refractivity contribution in [3.8, 4) is 0 Å². The van der Waals surface area contributed by atoms with Crippen LogP contribution in [0.25, 0.3) is 0 Å². The fraction of sp³-hybridized carbons (Fsp3) is 0.714. The summed E-state index contributed by atoms with van der Waals surface area (Å²) in [5.74, 6) is 0.636. The molecule has 0 amide bonds. The molecule has 1 aliphatic rings. The molecule has 0 unspecified atom stereocenters. The molecule has 3 N–H and O–H groups in total. The van der Waals surface area contributed by atoms with E-state index in [4.69, 9.17) is 5.73 Å². The van der Waals surface area contributed by atoms with Crippen LogP contribution in [-0.2, 0) is 10.0 Å². The highest BCUT2D eigenvalue weighted by atomic mass is 32.2. The Balaban J connectivity index is 2.57. The fourth-order valence-corrected chi connectivity index (χ4v) is 5.78. The maximum absolute atomic E-state index is 13.4. The number of nitrogens with one attached hydrogen (secondary N) is 1. The van der Waals surface area contributed by atoms with Gasteiger partial charge in [-0.3, -0.25) is 0 Å². The van der Waals surface area contributed by atoms with Gasteiger partial charge in [0.15, 0.2) is 0 Å². The van der Waals surface area contributed by atoms with Crippen molar-refractivity contribution in [1.29, 1.82) is 0 Å². The van der Waals surface area contributed by atoms with Crippen LogP contribution in [0.2, 0.25) is 0 Å². The van der Waals surface area contributed by atoms with E-state index in [2.05, 4.69) is 58.4 Å². The number of sulfonamides is 1. The van der Waals surface area contributed by atoms with Gasteiger partial charge in [-0.25, -0.2) is 13.1 Å². The molecule has 2 atom stereocenters. The molecule has 1 aliphatic carbocycles. The summed E-state index contributed by atoms with van der Waals surface area (Å²) in [5.41, 5.74) is 9.22. The standard InChI is InChI=1S/C21H36N2O2S/c1-13(2)16-11-17(14(3)4)21(18(12-16)15(5)6)26(24,25)23-20-10-8-7-9-19(20)22/h11-15,19-20,23H,7-10,22H2,1-6H3/t19-,20-/m1/s1. The van der Waals surface area contributed by atoms with Gasteiger partial charge in [0, 0.05) is 12.1 Å². The quantitative estimate of drug-likeness (QED) is 0.757. The summed E-state index contributed by atoms with van der Waals surface area (Å²) in [6, 6.07) is 3.89. The lowest BCUT2D eigenvalue weighted by atomic mass is 9.89. The Morgan fingerprint density at radius 2 is 1.42 bits per heavy atom. The molecule has 26 heavy (non-hydrogen) atoms. The molecule has 4 nitrogen and oxygen atoms in total. The lowest BCUT2D eigenvalue weighted by Gasteiger charge is -2.30. The van der Waals surface area contributed by atoms with Gasteiger partial charge in [-0.2, -0.15) is 0 Å². The van der Waals surface area contributed by atoms with E-state index < -0.39 is 10.0 Å². The van der Waals surface area contributed by atoms with Crippen molar-refractivity contribution in [2.24, 2.45) is 5.73 Å². The summed E-state index contributed by atoms with van der Waals surface area (Å²) in [6.45, 7) is 12.6. The van der Waals surface area contributed by atoms with Crippen LogP contribution >= 0.6 is 0 Å². The Bertz CT molecular complexity index is 695. The Morgan fingerprint density at radius 1 is 0.923 bits per heavy atom. The van der Waals surface area contributed by atoms with Crippen LogP contribution in [0.4, 0.5) is 0 Å². The molecule has 1 saturated carbocycles. The SMILES string of the molecule is CC(C)c1cc(C(C)C)c(S(=O)(=O)N[C@@H]2CCCC[C@H]2N)c(C(C)C)c1. The molecule has 0 radical (unpaired) electrons. The van der Waals surface area contributed by atoms with Crippen molar-refractivity contribution in [3.63, 3.8) is 0 Å². The molecule has 0 aromatic heterocycles. The minimum absolute atomic E-state index is 0.0986. The van der Waals surface area contributed by atoms with Crippen LogP contribution in [0.1, 0.15) is 102 Å². The average molecular weight is 381 g/mol. The predicted molar refractivity (Wildman–Crippen MR) is 109 cm³/mol. The highest BCUT2D eigenvalue weighted by Crippen LogP contribution is 2.35. The van der Waals surface area contributed by atoms with E-state index in [0.717, 1.165) is 36.8 Å². The zero-order valence-electron chi connectivity index (χ0n) is 17.2. The van der Waals surface area contributed by atoms with Crippen LogP contribution in [0.3, 0.4) is 0 Å². The molecule has 0 saturated heterocycles. The van der Waals surface area contributed by atoms with Crippen molar-refractivity contribution in [2.45, 2.75) is 102 Å². The summed E-state index contributed by atoms with van der Waals surface area (Å²) in [6.07, 6.45) is 3.81. The maximum Gasteiger partial charge on any atom is 0.241 e. The lowest BCUT2D eigenvalue weighted by molar-refractivity contribution is 0.361. The third-order valence-corrected chi connectivity index (χ3v) is 7.10. The zero-order chi connectivity index (χ0) is 19.6. The molecule has 148 valence electrons. The maximum atomic E-state index is 13.4. The van der Waals surface area contributed by atoms with E-state index in [-0.39, 0.29) is 23.9 Å². The largest absolute Gasteiger partial charge is 0.326 e. The fourth-order valence-electron chi connectivity index (χ4n) is 3.76. The Kier molecular flexibility index (Phi) is 6.92. The van der Waals surface area contributed by atoms with Crippen LogP contribution < -0.4 is 10.5 Å². The normalized spacial score (nSPS) is 21.8. The lowest BCUT2D eigenvalue weighted by Crippen LogP contribution is -2.49. The van der Waals surface area contributed by atoms with Gasteiger partial charge in [-0.15, -0.1) is 0 Å². The van der Waals surface area contributed by atoms with E-state index in [1.807, 2.05) is 0 Å². The molecule has 1 fully saturated rings. The molecular formula is C21H36N2O2S. The van der Waals surface area contributed by atoms with Gasteiger partial charge >= 0.3 is 0 Å². The Labute approximate surface area is 160 Å². The van der Waals surface area contributed by atoms with Gasteiger partial charge in [0.1, 0.15) is 0 Å². The third kappa shape index (κ3) is 4.68. The summed E-state index contributed by atoms with van der Waals surface area (Å²) >= 11 is 0. The monoisotopic (exact) mass is 380 g/mol. The van der Waals surface area contributed by atoms with Gasteiger partial charge in [0.25, 0.3) is 0 Å². The number of nitrogens with two attached hydrogens (primary N) is 1. The summed E-state index contributed by atoms with van der Waals surface area (Å²) in [7, 11) is -3.62. The first kappa shape index (κ1) is 21.4. The molecule has 0 spiro atoms. The molecule has 1 aromatic rings. The number of hydrogen-bond acceptors (Lipinski definition) is 3. The van der Waals surface area contributed by atoms with Crippen LogP contribution in [0.15, 0.2) is 17.0 Å². The van der Waals surface area contributed by atoms with Gasteiger partial charge in [0.05, 0.1) is 4.90 Å². The van der Waals surface area contributed by atoms with E-state index in [1.165, 1.54) is 5.56 Å². The number of benzene rings is 1. The first-order valence-electron chi connectivity index (χ1n) is 10.00. The molecule has 2 rings (SSSR count). The van der Waals surface area contributed by atoms with Crippen molar-refractivity contribution in [3.05, 3.63) is 28.8 Å². The Morgan fingerprint density at radius 3 is 1.85 bits per heavy atom. The van der Waals surface area contributed by atoms with Crippen LogP contribution in [0.5, 0.6) is 0 Å². The van der Waals surface area contributed by atoms with E-state index in [9.17, 15) is 8.42 Å². The van der Waals surface area contributed by atoms with Gasteiger partial charge < -0.3 is 5.73 Å². The second-order valence-electron chi connectivity index (χ2n) is 8.67. The highest BCUT2D eigenvalue weighted by molar-refractivity contribution is 7.89. The van der Waals surface area contributed by atoms with Gasteiger partial charge in [0.2, 0.25) is 10.0 Å². The van der Waals surface area contributed by atoms with Crippen molar-refractivity contribution < 1.29 is 8.42 Å². The van der Waals surface area contributed by atoms with E-state index >= 15 is 0 Å². The first-order chi connectivity index (χ1) is 12.0. The van der Waals surface area contributed by atoms with Crippen LogP contribution in [0, 0.1) is 0 Å². The second-order valence-corrected chi connectivity index (χ2v) is 10.3. The zero-order valence-corrected chi connectivity index (χ0v) is 18.0. The van der Waals surface area contributed by atoms with E-state index in [1.54, 1.807) is 0 Å². The second kappa shape index (κ2) is 8.41. The average Bonchev–Trinajstić information content (AvgIpc) is 2.55. The predicted octanol–water partition coefficient (Wildman–Crippen LogP) is 4.61. The molecular weight excluding hydrogens is 344 g/mol.